The van der Waals surface area contributed by atoms with E-state index < -0.39 is 0 Å². The van der Waals surface area contributed by atoms with Crippen molar-refractivity contribution in [1.82, 2.24) is 14.8 Å². The van der Waals surface area contributed by atoms with Crippen molar-refractivity contribution in [3.63, 3.8) is 0 Å². The molecule has 0 spiro atoms. The van der Waals surface area contributed by atoms with Crippen LogP contribution in [0.25, 0.3) is 0 Å². The van der Waals surface area contributed by atoms with Crippen LogP contribution < -0.4 is 0 Å². The summed E-state index contributed by atoms with van der Waals surface area (Å²) in [5, 5.41) is 0. The number of carbonyl (C=O) groups is 1. The van der Waals surface area contributed by atoms with E-state index in [2.05, 4.69) is 21.8 Å². The van der Waals surface area contributed by atoms with Crippen LogP contribution in [-0.4, -0.2) is 61.1 Å². The van der Waals surface area contributed by atoms with Gasteiger partial charge in [0.15, 0.2) is 0 Å². The minimum Gasteiger partial charge on any atom is -0.468 e. The van der Waals surface area contributed by atoms with Crippen molar-refractivity contribution in [3.8, 4) is 0 Å². The fourth-order valence-electron chi connectivity index (χ4n) is 2.19. The number of aromatic amines is 1. The molecule has 0 saturated carbocycles. The van der Waals surface area contributed by atoms with E-state index in [1.165, 1.54) is 7.11 Å². The molecule has 2 heterocycles. The molecular formula is C12H19N3O2. The Kier molecular flexibility index (Phi) is 3.81. The Balaban J connectivity index is 2.13. The van der Waals surface area contributed by atoms with Crippen LogP contribution >= 0.6 is 0 Å². The highest BCUT2D eigenvalue weighted by molar-refractivity contribution is 5.77. The quantitative estimate of drug-likeness (QED) is 0.777. The number of carbonyl (C=O) groups excluding carboxylic acids is 1. The number of nitrogens with zero attached hydrogens (tertiary/aromatic N) is 2. The first-order valence-electron chi connectivity index (χ1n) is 5.85. The smallest absolute Gasteiger partial charge is 0.327 e. The third kappa shape index (κ3) is 2.68. The topological polar surface area (TPSA) is 48.6 Å². The summed E-state index contributed by atoms with van der Waals surface area (Å²) in [6, 6.07) is 1.65. The van der Waals surface area contributed by atoms with Crippen molar-refractivity contribution in [1.29, 1.82) is 0 Å². The molecule has 1 unspecified atom stereocenters. The molecule has 5 nitrogen and oxygen atoms in total. The molecule has 0 bridgehead atoms. The first-order chi connectivity index (χ1) is 8.22. The molecule has 2 rings (SSSR count). The number of aromatic nitrogens is 1. The first-order valence-corrected chi connectivity index (χ1v) is 5.85. The second-order valence-electron chi connectivity index (χ2n) is 4.41. The molecule has 1 fully saturated rings. The van der Waals surface area contributed by atoms with Crippen LogP contribution in [0.4, 0.5) is 0 Å². The summed E-state index contributed by atoms with van der Waals surface area (Å²) in [5.74, 6) is -0.186. The van der Waals surface area contributed by atoms with Crippen LogP contribution in [0.15, 0.2) is 18.5 Å². The third-order valence-electron chi connectivity index (χ3n) is 3.27. The predicted octanol–water partition coefficient (Wildman–Crippen LogP) is 0.476. The predicted molar refractivity (Wildman–Crippen MR) is 64.6 cm³/mol. The Bertz CT molecular complexity index is 356. The van der Waals surface area contributed by atoms with E-state index in [1.54, 1.807) is 0 Å². The number of piperazine rings is 1. The molecule has 1 aliphatic heterocycles. The zero-order chi connectivity index (χ0) is 12.3. The summed E-state index contributed by atoms with van der Waals surface area (Å²) in [6.07, 6.45) is 3.70. The van der Waals surface area contributed by atoms with E-state index in [0.29, 0.717) is 0 Å². The van der Waals surface area contributed by atoms with Gasteiger partial charge in [-0.15, -0.1) is 0 Å². The van der Waals surface area contributed by atoms with E-state index in [4.69, 9.17) is 4.74 Å². The molecule has 1 aromatic rings. The lowest BCUT2D eigenvalue weighted by atomic mass is 10.1. The van der Waals surface area contributed by atoms with Crippen LogP contribution in [0, 0.1) is 0 Å². The summed E-state index contributed by atoms with van der Waals surface area (Å²) >= 11 is 0. The molecular weight excluding hydrogens is 218 g/mol. The molecule has 1 aliphatic rings. The van der Waals surface area contributed by atoms with Crippen LogP contribution in [0.1, 0.15) is 11.6 Å². The number of ether oxygens (including phenoxy) is 1. The molecule has 5 heteroatoms. The van der Waals surface area contributed by atoms with E-state index >= 15 is 0 Å². The monoisotopic (exact) mass is 237 g/mol. The largest absolute Gasteiger partial charge is 0.468 e. The number of methoxy groups -OCH3 is 1. The number of H-pyrrole nitrogens is 1. The van der Waals surface area contributed by atoms with E-state index in [-0.39, 0.29) is 12.0 Å². The molecule has 17 heavy (non-hydrogen) atoms. The maximum Gasteiger partial charge on any atom is 0.327 e. The minimum absolute atomic E-state index is 0.186. The molecule has 1 saturated heterocycles. The Hall–Kier alpha value is -1.33. The van der Waals surface area contributed by atoms with Gasteiger partial charge in [0.2, 0.25) is 0 Å². The lowest BCUT2D eigenvalue weighted by Gasteiger charge is -2.36. The average molecular weight is 237 g/mol. The molecule has 0 radical (unpaired) electrons. The number of hydrogen-bond donors (Lipinski definition) is 1. The number of rotatable bonds is 3. The molecule has 1 N–H and O–H groups in total. The summed E-state index contributed by atoms with van der Waals surface area (Å²) in [4.78, 5) is 19.3. The van der Waals surface area contributed by atoms with E-state index in [9.17, 15) is 4.79 Å². The Morgan fingerprint density at radius 2 is 2.12 bits per heavy atom. The third-order valence-corrected chi connectivity index (χ3v) is 3.27. The molecule has 94 valence electrons. The summed E-state index contributed by atoms with van der Waals surface area (Å²) in [6.45, 7) is 3.75. The summed E-state index contributed by atoms with van der Waals surface area (Å²) in [7, 11) is 3.54. The molecule has 0 aliphatic carbocycles. The van der Waals surface area contributed by atoms with Gasteiger partial charge >= 0.3 is 5.97 Å². The SMILES string of the molecule is COC(=O)C(c1cc[nH]c1)N1CCN(C)CC1. The second kappa shape index (κ2) is 5.33. The van der Waals surface area contributed by atoms with Gasteiger partial charge in [-0.25, -0.2) is 4.79 Å². The molecule has 0 amide bonds. The van der Waals surface area contributed by atoms with Crippen molar-refractivity contribution in [3.05, 3.63) is 24.0 Å². The second-order valence-corrected chi connectivity index (χ2v) is 4.41. The number of nitrogens with one attached hydrogen (secondary N) is 1. The standard InChI is InChI=1S/C12H19N3O2/c1-14-5-7-15(8-6-14)11(12(16)17-2)10-3-4-13-9-10/h3-4,9,11,13H,5-8H2,1-2H3. The fourth-order valence-corrected chi connectivity index (χ4v) is 2.19. The van der Waals surface area contributed by atoms with Crippen molar-refractivity contribution in [2.75, 3.05) is 40.3 Å². The van der Waals surface area contributed by atoms with Gasteiger partial charge in [0.1, 0.15) is 6.04 Å². The van der Waals surface area contributed by atoms with E-state index in [1.807, 2.05) is 18.5 Å². The Labute approximate surface area is 101 Å². The zero-order valence-electron chi connectivity index (χ0n) is 10.3. The summed E-state index contributed by atoms with van der Waals surface area (Å²) in [5.41, 5.74) is 0.974. The van der Waals surface area contributed by atoms with Crippen molar-refractivity contribution >= 4 is 5.97 Å². The van der Waals surface area contributed by atoms with Crippen molar-refractivity contribution in [2.24, 2.45) is 0 Å². The van der Waals surface area contributed by atoms with Gasteiger partial charge in [0.05, 0.1) is 7.11 Å². The van der Waals surface area contributed by atoms with E-state index in [0.717, 1.165) is 31.7 Å². The van der Waals surface area contributed by atoms with Crippen LogP contribution in [0.3, 0.4) is 0 Å². The molecule has 0 aromatic carbocycles. The normalized spacial score (nSPS) is 20.1. The molecule has 1 atom stereocenters. The average Bonchev–Trinajstić information content (AvgIpc) is 2.85. The van der Waals surface area contributed by atoms with Crippen LogP contribution in [-0.2, 0) is 9.53 Å². The maximum atomic E-state index is 11.9. The van der Waals surface area contributed by atoms with Crippen LogP contribution in [0.5, 0.6) is 0 Å². The van der Waals surface area contributed by atoms with Gasteiger partial charge < -0.3 is 14.6 Å². The van der Waals surface area contributed by atoms with Crippen LogP contribution in [0.2, 0.25) is 0 Å². The minimum atomic E-state index is -0.278. The zero-order valence-corrected chi connectivity index (χ0v) is 10.3. The Morgan fingerprint density at radius 1 is 1.41 bits per heavy atom. The highest BCUT2D eigenvalue weighted by Gasteiger charge is 2.30. The van der Waals surface area contributed by atoms with Gasteiger partial charge in [0, 0.05) is 38.6 Å². The van der Waals surface area contributed by atoms with Gasteiger partial charge in [0.25, 0.3) is 0 Å². The number of likely N-dealkylation sites (N-methyl/N-ethyl adjacent to an activating group) is 1. The maximum absolute atomic E-state index is 11.9. The number of esters is 1. The van der Waals surface area contributed by atoms with Crippen molar-refractivity contribution in [2.45, 2.75) is 6.04 Å². The Morgan fingerprint density at radius 3 is 2.65 bits per heavy atom. The van der Waals surface area contributed by atoms with Gasteiger partial charge in [-0.3, -0.25) is 4.90 Å². The first kappa shape index (κ1) is 12.1. The lowest BCUT2D eigenvalue weighted by molar-refractivity contribution is -0.148. The molecule has 1 aromatic heterocycles. The highest BCUT2D eigenvalue weighted by atomic mass is 16.5. The van der Waals surface area contributed by atoms with Gasteiger partial charge in [-0.2, -0.15) is 0 Å². The summed E-state index contributed by atoms with van der Waals surface area (Å²) < 4.78 is 4.91. The lowest BCUT2D eigenvalue weighted by Crippen LogP contribution is -2.47. The van der Waals surface area contributed by atoms with Crippen molar-refractivity contribution < 1.29 is 9.53 Å². The number of hydrogen-bond acceptors (Lipinski definition) is 4. The fraction of sp³-hybridized carbons (Fsp3) is 0.583. The van der Waals surface area contributed by atoms with Gasteiger partial charge in [-0.1, -0.05) is 0 Å². The van der Waals surface area contributed by atoms with Gasteiger partial charge in [-0.05, 0) is 18.7 Å². The highest BCUT2D eigenvalue weighted by Crippen LogP contribution is 2.22.